The molecule has 3 heteroatoms. The van der Waals surface area contributed by atoms with Gasteiger partial charge in [-0.3, -0.25) is 0 Å². The van der Waals surface area contributed by atoms with Crippen molar-refractivity contribution in [3.63, 3.8) is 0 Å². The lowest BCUT2D eigenvalue weighted by Crippen LogP contribution is -2.30. The van der Waals surface area contributed by atoms with E-state index in [0.29, 0.717) is 12.5 Å². The van der Waals surface area contributed by atoms with E-state index in [4.69, 9.17) is 4.74 Å². The molecule has 2 aromatic rings. The molecule has 0 amide bonds. The first-order valence-corrected chi connectivity index (χ1v) is 7.55. The number of phenolic OH excluding ortho intramolecular Hbond substituents is 1. The Bertz CT molecular complexity index is 577. The number of ether oxygens (including phenoxy) is 1. The van der Waals surface area contributed by atoms with Gasteiger partial charge in [0.25, 0.3) is 0 Å². The summed E-state index contributed by atoms with van der Waals surface area (Å²) in [7, 11) is 0. The topological polar surface area (TPSA) is 41.5 Å². The maximum absolute atomic E-state index is 9.73. The van der Waals surface area contributed by atoms with Crippen LogP contribution in [0.4, 0.5) is 0 Å². The number of rotatable bonds is 4. The summed E-state index contributed by atoms with van der Waals surface area (Å²) in [6.45, 7) is 2.85. The third-order valence-electron chi connectivity index (χ3n) is 3.98. The Morgan fingerprint density at radius 2 is 1.81 bits per heavy atom. The van der Waals surface area contributed by atoms with E-state index in [-0.39, 0.29) is 5.75 Å². The van der Waals surface area contributed by atoms with Crippen molar-refractivity contribution in [3.8, 4) is 22.6 Å². The lowest BCUT2D eigenvalue weighted by Gasteiger charge is -2.23. The summed E-state index contributed by atoms with van der Waals surface area (Å²) >= 11 is 0. The van der Waals surface area contributed by atoms with Crippen LogP contribution in [0.1, 0.15) is 12.8 Å². The second-order valence-electron chi connectivity index (χ2n) is 5.55. The summed E-state index contributed by atoms with van der Waals surface area (Å²) in [6, 6.07) is 15.5. The summed E-state index contributed by atoms with van der Waals surface area (Å²) in [4.78, 5) is 0. The third-order valence-corrected chi connectivity index (χ3v) is 3.98. The highest BCUT2D eigenvalue weighted by molar-refractivity contribution is 5.71. The minimum atomic E-state index is 0.245. The van der Waals surface area contributed by atoms with E-state index in [0.717, 1.165) is 42.8 Å². The van der Waals surface area contributed by atoms with Crippen molar-refractivity contribution in [2.24, 2.45) is 5.92 Å². The molecule has 0 radical (unpaired) electrons. The van der Waals surface area contributed by atoms with Crippen LogP contribution in [0.3, 0.4) is 0 Å². The lowest BCUT2D eigenvalue weighted by molar-refractivity contribution is 0.215. The predicted octanol–water partition coefficient (Wildman–Crippen LogP) is 3.44. The number of benzene rings is 2. The van der Waals surface area contributed by atoms with Gasteiger partial charge in [0, 0.05) is 11.6 Å². The first-order valence-electron chi connectivity index (χ1n) is 7.55. The summed E-state index contributed by atoms with van der Waals surface area (Å²) < 4.78 is 6.02. The molecular weight excluding hydrogens is 262 g/mol. The molecule has 0 aliphatic carbocycles. The lowest BCUT2D eigenvalue weighted by atomic mass is 9.99. The molecule has 1 aliphatic rings. The first kappa shape index (κ1) is 14.0. The van der Waals surface area contributed by atoms with Crippen LogP contribution in [-0.4, -0.2) is 24.8 Å². The van der Waals surface area contributed by atoms with Gasteiger partial charge in [0.1, 0.15) is 11.5 Å². The van der Waals surface area contributed by atoms with E-state index in [2.05, 4.69) is 17.4 Å². The molecule has 0 unspecified atom stereocenters. The molecule has 2 aromatic carbocycles. The summed E-state index contributed by atoms with van der Waals surface area (Å²) in [5.41, 5.74) is 2.14. The van der Waals surface area contributed by atoms with Gasteiger partial charge < -0.3 is 15.2 Å². The molecule has 0 bridgehead atoms. The smallest absolute Gasteiger partial charge is 0.130 e. The van der Waals surface area contributed by atoms with Gasteiger partial charge in [-0.2, -0.15) is 0 Å². The Morgan fingerprint density at radius 1 is 1.05 bits per heavy atom. The highest BCUT2D eigenvalue weighted by Crippen LogP contribution is 2.33. The average Bonchev–Trinajstić information content (AvgIpc) is 2.55. The van der Waals surface area contributed by atoms with Crippen LogP contribution in [0.5, 0.6) is 11.5 Å². The molecule has 0 atom stereocenters. The molecule has 3 rings (SSSR count). The van der Waals surface area contributed by atoms with Gasteiger partial charge in [-0.15, -0.1) is 0 Å². The van der Waals surface area contributed by atoms with Crippen LogP contribution in [-0.2, 0) is 0 Å². The van der Waals surface area contributed by atoms with Gasteiger partial charge in [-0.05, 0) is 49.5 Å². The zero-order chi connectivity index (χ0) is 14.5. The molecule has 21 heavy (non-hydrogen) atoms. The Balaban J connectivity index is 1.78. The molecule has 3 nitrogen and oxygen atoms in total. The summed E-state index contributed by atoms with van der Waals surface area (Å²) in [5, 5.41) is 13.1. The van der Waals surface area contributed by atoms with Crippen molar-refractivity contribution in [1.82, 2.24) is 5.32 Å². The van der Waals surface area contributed by atoms with E-state index >= 15 is 0 Å². The van der Waals surface area contributed by atoms with Crippen molar-refractivity contribution < 1.29 is 9.84 Å². The van der Waals surface area contributed by atoms with Gasteiger partial charge in [0.2, 0.25) is 0 Å². The zero-order valence-electron chi connectivity index (χ0n) is 12.1. The monoisotopic (exact) mass is 283 g/mol. The normalized spacial score (nSPS) is 15.8. The number of nitrogens with one attached hydrogen (secondary N) is 1. The molecule has 0 spiro atoms. The van der Waals surface area contributed by atoms with Crippen LogP contribution in [0.2, 0.25) is 0 Å². The molecule has 1 heterocycles. The van der Waals surface area contributed by atoms with Gasteiger partial charge >= 0.3 is 0 Å². The fourth-order valence-corrected chi connectivity index (χ4v) is 2.74. The van der Waals surface area contributed by atoms with Crippen LogP contribution in [0.25, 0.3) is 11.1 Å². The molecule has 1 aliphatic heterocycles. The van der Waals surface area contributed by atoms with E-state index in [1.54, 1.807) is 12.1 Å². The van der Waals surface area contributed by atoms with Crippen LogP contribution in [0.15, 0.2) is 48.5 Å². The quantitative estimate of drug-likeness (QED) is 0.903. The molecule has 0 aromatic heterocycles. The average molecular weight is 283 g/mol. The van der Waals surface area contributed by atoms with Crippen molar-refractivity contribution in [1.29, 1.82) is 0 Å². The third kappa shape index (κ3) is 3.56. The Hall–Kier alpha value is -2.00. The molecule has 1 fully saturated rings. The largest absolute Gasteiger partial charge is 0.508 e. The number of piperidine rings is 1. The van der Waals surface area contributed by atoms with Crippen LogP contribution in [0, 0.1) is 5.92 Å². The highest BCUT2D eigenvalue weighted by atomic mass is 16.5. The van der Waals surface area contributed by atoms with E-state index in [1.807, 2.05) is 24.3 Å². The highest BCUT2D eigenvalue weighted by Gasteiger charge is 2.15. The molecule has 0 saturated carbocycles. The maximum Gasteiger partial charge on any atom is 0.130 e. The number of hydrogen-bond donors (Lipinski definition) is 2. The number of hydrogen-bond acceptors (Lipinski definition) is 3. The summed E-state index contributed by atoms with van der Waals surface area (Å²) in [5.74, 6) is 1.60. The Labute approximate surface area is 125 Å². The zero-order valence-corrected chi connectivity index (χ0v) is 12.1. The maximum atomic E-state index is 9.73. The van der Waals surface area contributed by atoms with Crippen molar-refractivity contribution >= 4 is 0 Å². The Kier molecular flexibility index (Phi) is 4.41. The van der Waals surface area contributed by atoms with Gasteiger partial charge in [0.05, 0.1) is 6.61 Å². The van der Waals surface area contributed by atoms with Crippen molar-refractivity contribution in [2.75, 3.05) is 19.7 Å². The Morgan fingerprint density at radius 3 is 2.57 bits per heavy atom. The number of aromatic hydroxyl groups is 1. The van der Waals surface area contributed by atoms with Gasteiger partial charge in [-0.25, -0.2) is 0 Å². The minimum Gasteiger partial charge on any atom is -0.508 e. The summed E-state index contributed by atoms with van der Waals surface area (Å²) in [6.07, 6.45) is 2.30. The molecule has 2 N–H and O–H groups in total. The number of phenols is 1. The van der Waals surface area contributed by atoms with Crippen LogP contribution >= 0.6 is 0 Å². The molecule has 110 valence electrons. The minimum absolute atomic E-state index is 0.245. The first-order chi connectivity index (χ1) is 10.3. The van der Waals surface area contributed by atoms with Gasteiger partial charge in [-0.1, -0.05) is 30.3 Å². The van der Waals surface area contributed by atoms with Gasteiger partial charge in [0.15, 0.2) is 0 Å². The SMILES string of the molecule is Oc1ccc(-c2ccccc2)c(OCC2CCNCC2)c1. The molecular formula is C18H21NO2. The van der Waals surface area contributed by atoms with Crippen molar-refractivity contribution in [3.05, 3.63) is 48.5 Å². The second kappa shape index (κ2) is 6.64. The van der Waals surface area contributed by atoms with Crippen molar-refractivity contribution in [2.45, 2.75) is 12.8 Å². The van der Waals surface area contributed by atoms with E-state index in [9.17, 15) is 5.11 Å². The fourth-order valence-electron chi connectivity index (χ4n) is 2.74. The predicted molar refractivity (Wildman–Crippen MR) is 84.6 cm³/mol. The van der Waals surface area contributed by atoms with E-state index in [1.165, 1.54) is 0 Å². The van der Waals surface area contributed by atoms with E-state index < -0.39 is 0 Å². The second-order valence-corrected chi connectivity index (χ2v) is 5.55. The standard InChI is InChI=1S/C18H21NO2/c20-16-6-7-17(15-4-2-1-3-5-15)18(12-16)21-13-14-8-10-19-11-9-14/h1-7,12,14,19-20H,8-11,13H2. The molecule has 1 saturated heterocycles. The van der Waals surface area contributed by atoms with Crippen LogP contribution < -0.4 is 10.1 Å². The fraction of sp³-hybridized carbons (Fsp3) is 0.333.